The van der Waals surface area contributed by atoms with E-state index in [4.69, 9.17) is 14.6 Å². The maximum Gasteiger partial charge on any atom is 0.158 e. The van der Waals surface area contributed by atoms with Crippen LogP contribution in [0.2, 0.25) is 0 Å². The smallest absolute Gasteiger partial charge is 0.158 e. The quantitative estimate of drug-likeness (QED) is 0.906. The van der Waals surface area contributed by atoms with E-state index in [9.17, 15) is 0 Å². The predicted molar refractivity (Wildman–Crippen MR) is 68.9 cm³/mol. The average Bonchev–Trinajstić information content (AvgIpc) is 2.76. The van der Waals surface area contributed by atoms with Gasteiger partial charge in [-0.2, -0.15) is 0 Å². The molecule has 17 heavy (non-hydrogen) atoms. The number of nitrogens with zero attached hydrogens (tertiary/aromatic N) is 1. The Morgan fingerprint density at radius 1 is 1.65 bits per heavy atom. The molecular weight excluding hydrogens is 306 g/mol. The van der Waals surface area contributed by atoms with Crippen molar-refractivity contribution in [1.82, 2.24) is 4.98 Å². The van der Waals surface area contributed by atoms with Crippen LogP contribution in [-0.2, 0) is 9.47 Å². The molecule has 1 N–H and O–H groups in total. The minimum Gasteiger partial charge on any atom is -0.396 e. The number of thiazole rings is 1. The Morgan fingerprint density at radius 3 is 3.12 bits per heavy atom. The molecular formula is C11H16BrNO3S. The summed E-state index contributed by atoms with van der Waals surface area (Å²) < 4.78 is 12.3. The van der Waals surface area contributed by atoms with Crippen LogP contribution < -0.4 is 0 Å². The molecule has 0 aromatic carbocycles. The molecule has 0 amide bonds. The van der Waals surface area contributed by atoms with Crippen LogP contribution in [0, 0.1) is 0 Å². The number of ether oxygens (including phenoxy) is 2. The van der Waals surface area contributed by atoms with Crippen LogP contribution in [0.1, 0.15) is 36.7 Å². The first-order valence-electron chi connectivity index (χ1n) is 5.78. The third-order valence-electron chi connectivity index (χ3n) is 2.69. The van der Waals surface area contributed by atoms with E-state index >= 15 is 0 Å². The van der Waals surface area contributed by atoms with Gasteiger partial charge in [0.1, 0.15) is 4.60 Å². The molecule has 0 spiro atoms. The lowest BCUT2D eigenvalue weighted by atomic mass is 10.2. The Bertz CT molecular complexity index is 341. The Balaban J connectivity index is 1.99. The largest absolute Gasteiger partial charge is 0.396 e. The second-order valence-electron chi connectivity index (χ2n) is 3.94. The summed E-state index contributed by atoms with van der Waals surface area (Å²) in [7, 11) is 0. The van der Waals surface area contributed by atoms with Crippen molar-refractivity contribution in [2.45, 2.75) is 38.1 Å². The second kappa shape index (κ2) is 6.80. The number of aliphatic hydroxyl groups excluding tert-OH is 1. The number of aliphatic hydroxyl groups is 1. The maximum absolute atomic E-state index is 9.10. The van der Waals surface area contributed by atoms with E-state index in [-0.39, 0.29) is 19.0 Å². The van der Waals surface area contributed by atoms with Gasteiger partial charge in [-0.15, -0.1) is 11.3 Å². The monoisotopic (exact) mass is 321 g/mol. The van der Waals surface area contributed by atoms with Crippen molar-refractivity contribution in [2.75, 3.05) is 13.2 Å². The van der Waals surface area contributed by atoms with Crippen molar-refractivity contribution in [1.29, 1.82) is 0 Å². The van der Waals surface area contributed by atoms with Gasteiger partial charge in [0.05, 0.1) is 16.5 Å². The highest BCUT2D eigenvalue weighted by atomic mass is 79.9. The van der Waals surface area contributed by atoms with Gasteiger partial charge in [-0.3, -0.25) is 0 Å². The summed E-state index contributed by atoms with van der Waals surface area (Å²) in [5.41, 5.74) is 1.77. The van der Waals surface area contributed by atoms with Crippen molar-refractivity contribution in [3.8, 4) is 0 Å². The molecule has 2 atom stereocenters. The van der Waals surface area contributed by atoms with Gasteiger partial charge >= 0.3 is 0 Å². The summed E-state index contributed by atoms with van der Waals surface area (Å²) in [5, 5.41) is 9.10. The first-order chi connectivity index (χ1) is 8.31. The molecule has 1 aliphatic rings. The van der Waals surface area contributed by atoms with Gasteiger partial charge in [0.25, 0.3) is 0 Å². The minimum atomic E-state index is -0.144. The number of hydrogen-bond donors (Lipinski definition) is 1. The lowest BCUT2D eigenvalue weighted by Gasteiger charge is -2.27. The zero-order valence-electron chi connectivity index (χ0n) is 9.47. The first-order valence-corrected chi connectivity index (χ1v) is 7.45. The topological polar surface area (TPSA) is 51.6 Å². The molecule has 1 fully saturated rings. The molecule has 1 aromatic rings. The number of hydrogen-bond acceptors (Lipinski definition) is 5. The molecule has 2 heterocycles. The van der Waals surface area contributed by atoms with Gasteiger partial charge < -0.3 is 14.6 Å². The molecule has 1 saturated heterocycles. The molecule has 4 nitrogen and oxygen atoms in total. The Labute approximate surface area is 113 Å². The van der Waals surface area contributed by atoms with E-state index in [1.165, 1.54) is 11.3 Å². The molecule has 0 bridgehead atoms. The SMILES string of the molecule is OCCC(OC1CCCCO1)c1scnc1Br. The fourth-order valence-electron chi connectivity index (χ4n) is 1.83. The number of rotatable bonds is 5. The lowest BCUT2D eigenvalue weighted by molar-refractivity contribution is -0.192. The molecule has 1 aromatic heterocycles. The van der Waals surface area contributed by atoms with Crippen LogP contribution in [0.3, 0.4) is 0 Å². The van der Waals surface area contributed by atoms with Crippen molar-refractivity contribution in [2.24, 2.45) is 0 Å². The fraction of sp³-hybridized carbons (Fsp3) is 0.727. The highest BCUT2D eigenvalue weighted by molar-refractivity contribution is 9.10. The summed E-state index contributed by atoms with van der Waals surface area (Å²) >= 11 is 4.94. The first kappa shape index (κ1) is 13.4. The van der Waals surface area contributed by atoms with Crippen molar-refractivity contribution in [3.05, 3.63) is 15.0 Å². The van der Waals surface area contributed by atoms with E-state index in [0.717, 1.165) is 35.3 Å². The summed E-state index contributed by atoms with van der Waals surface area (Å²) in [6.07, 6.45) is 3.47. The summed E-state index contributed by atoms with van der Waals surface area (Å²) in [5.74, 6) is 0. The van der Waals surface area contributed by atoms with Gasteiger partial charge in [0, 0.05) is 19.6 Å². The Kier molecular flexibility index (Phi) is 5.37. The molecule has 2 rings (SSSR count). The Hall–Kier alpha value is -0.0100. The van der Waals surface area contributed by atoms with E-state index in [0.29, 0.717) is 6.42 Å². The molecule has 0 aliphatic carbocycles. The van der Waals surface area contributed by atoms with Crippen LogP contribution in [0.25, 0.3) is 0 Å². The van der Waals surface area contributed by atoms with Gasteiger partial charge in [0.15, 0.2) is 6.29 Å². The van der Waals surface area contributed by atoms with Gasteiger partial charge in [-0.25, -0.2) is 4.98 Å². The van der Waals surface area contributed by atoms with Crippen molar-refractivity contribution in [3.63, 3.8) is 0 Å². The summed E-state index contributed by atoms with van der Waals surface area (Å²) in [6.45, 7) is 0.863. The molecule has 0 saturated carbocycles. The summed E-state index contributed by atoms with van der Waals surface area (Å²) in [4.78, 5) is 5.17. The fourth-order valence-corrected chi connectivity index (χ4v) is 3.35. The zero-order chi connectivity index (χ0) is 12.1. The number of halogens is 1. The van der Waals surface area contributed by atoms with E-state index in [2.05, 4.69) is 20.9 Å². The average molecular weight is 322 g/mol. The van der Waals surface area contributed by atoms with Crippen LogP contribution in [-0.4, -0.2) is 29.6 Å². The standard InChI is InChI=1S/C11H16BrNO3S/c12-11-10(17-7-13-11)8(4-5-14)16-9-3-1-2-6-15-9/h7-9,14H,1-6H2. The van der Waals surface area contributed by atoms with E-state index in [1.807, 2.05) is 0 Å². The highest BCUT2D eigenvalue weighted by Crippen LogP contribution is 2.33. The summed E-state index contributed by atoms with van der Waals surface area (Å²) in [6, 6.07) is 0. The molecule has 96 valence electrons. The van der Waals surface area contributed by atoms with Crippen LogP contribution in [0.5, 0.6) is 0 Å². The third kappa shape index (κ3) is 3.72. The number of aromatic nitrogens is 1. The molecule has 0 radical (unpaired) electrons. The molecule has 1 aliphatic heterocycles. The van der Waals surface area contributed by atoms with Crippen LogP contribution >= 0.6 is 27.3 Å². The minimum absolute atomic E-state index is 0.0989. The third-order valence-corrected chi connectivity index (χ3v) is 4.50. The van der Waals surface area contributed by atoms with Gasteiger partial charge in [-0.05, 0) is 35.2 Å². The zero-order valence-corrected chi connectivity index (χ0v) is 11.9. The molecule has 6 heteroatoms. The van der Waals surface area contributed by atoms with Crippen LogP contribution in [0.4, 0.5) is 0 Å². The van der Waals surface area contributed by atoms with Crippen molar-refractivity contribution < 1.29 is 14.6 Å². The second-order valence-corrected chi connectivity index (χ2v) is 5.58. The highest BCUT2D eigenvalue weighted by Gasteiger charge is 2.23. The lowest BCUT2D eigenvalue weighted by Crippen LogP contribution is -2.24. The maximum atomic E-state index is 9.10. The van der Waals surface area contributed by atoms with E-state index < -0.39 is 0 Å². The normalized spacial score (nSPS) is 22.6. The van der Waals surface area contributed by atoms with Gasteiger partial charge in [0.2, 0.25) is 0 Å². The van der Waals surface area contributed by atoms with Crippen molar-refractivity contribution >= 4 is 27.3 Å². The van der Waals surface area contributed by atoms with Crippen LogP contribution in [0.15, 0.2) is 10.1 Å². The van der Waals surface area contributed by atoms with Gasteiger partial charge in [-0.1, -0.05) is 0 Å². The van der Waals surface area contributed by atoms with E-state index in [1.54, 1.807) is 5.51 Å². The predicted octanol–water partition coefficient (Wildman–Crippen LogP) is 2.87. The Morgan fingerprint density at radius 2 is 2.53 bits per heavy atom. The molecule has 2 unspecified atom stereocenters.